The average Bonchev–Trinajstić information content (AvgIpc) is 3.18. The molecular weight excluding hydrogens is 716 g/mol. The Morgan fingerprint density at radius 3 is 1.65 bits per heavy atom. The van der Waals surface area contributed by atoms with Crippen molar-refractivity contribution in [3.05, 3.63) is 24.3 Å². The fourth-order valence-electron chi connectivity index (χ4n) is 6.40. The normalized spacial score (nSPS) is 29.3. The summed E-state index contributed by atoms with van der Waals surface area (Å²) in [7, 11) is 0. The Bertz CT molecular complexity index is 1010. The third-order valence-corrected chi connectivity index (χ3v) is 9.90. The molecule has 2 aliphatic rings. The molecule has 0 aromatic heterocycles. The van der Waals surface area contributed by atoms with Crippen LogP contribution in [0.5, 0.6) is 0 Å². The van der Waals surface area contributed by atoms with E-state index in [0.29, 0.717) is 13.0 Å². The molecule has 0 amide bonds. The third-order valence-electron chi connectivity index (χ3n) is 9.90. The van der Waals surface area contributed by atoms with E-state index in [4.69, 9.17) is 28.4 Å². The first-order valence-corrected chi connectivity index (χ1v) is 20.9. The van der Waals surface area contributed by atoms with Crippen molar-refractivity contribution >= 4 is 5.97 Å². The summed E-state index contributed by atoms with van der Waals surface area (Å²) in [5.41, 5.74) is 0. The van der Waals surface area contributed by atoms with Gasteiger partial charge in [-0.1, -0.05) is 95.9 Å². The number of ether oxygens (including phenoxy) is 6. The predicted octanol–water partition coefficient (Wildman–Crippen LogP) is 3.73. The Morgan fingerprint density at radius 2 is 1.07 bits per heavy atom. The highest BCUT2D eigenvalue weighted by atomic mass is 16.7. The predicted molar refractivity (Wildman–Crippen MR) is 206 cm³/mol. The van der Waals surface area contributed by atoms with Gasteiger partial charge in [-0.05, 0) is 51.4 Å². The minimum atomic E-state index is -1.70. The van der Waals surface area contributed by atoms with Gasteiger partial charge in [-0.3, -0.25) is 4.79 Å². The second kappa shape index (κ2) is 30.5. The van der Waals surface area contributed by atoms with Gasteiger partial charge in [0, 0.05) is 13.0 Å². The molecule has 7 N–H and O–H groups in total. The fraction of sp³-hybridized carbons (Fsp3) is 0.878. The molecule has 0 radical (unpaired) electrons. The number of unbranched alkanes of at least 4 members (excludes halogenated alkanes) is 13. The highest BCUT2D eigenvalue weighted by Crippen LogP contribution is 2.26. The van der Waals surface area contributed by atoms with Gasteiger partial charge in [0.2, 0.25) is 0 Å². The number of carbonyl (C=O) groups is 1. The molecule has 14 nitrogen and oxygen atoms in total. The molecule has 0 aromatic carbocycles. The monoisotopic (exact) mass is 791 g/mol. The summed E-state index contributed by atoms with van der Waals surface area (Å²) in [6.07, 6.45) is 11.2. The molecular formula is C41H74O14. The van der Waals surface area contributed by atoms with Crippen molar-refractivity contribution in [2.75, 3.05) is 33.0 Å². The van der Waals surface area contributed by atoms with Crippen LogP contribution in [0.3, 0.4) is 0 Å². The minimum Gasteiger partial charge on any atom is -0.457 e. The van der Waals surface area contributed by atoms with Crippen molar-refractivity contribution in [2.45, 2.75) is 197 Å². The van der Waals surface area contributed by atoms with Gasteiger partial charge in [0.05, 0.1) is 26.4 Å². The van der Waals surface area contributed by atoms with Crippen LogP contribution in [-0.4, -0.2) is 142 Å². The molecule has 0 aliphatic carbocycles. The number of esters is 1. The first-order valence-electron chi connectivity index (χ1n) is 20.9. The van der Waals surface area contributed by atoms with Crippen molar-refractivity contribution in [3.63, 3.8) is 0 Å². The summed E-state index contributed by atoms with van der Waals surface area (Å²) in [6.45, 7) is 3.51. The Balaban J connectivity index is 1.86. The van der Waals surface area contributed by atoms with Crippen molar-refractivity contribution in [1.82, 2.24) is 0 Å². The van der Waals surface area contributed by atoms with Crippen LogP contribution >= 0.6 is 0 Å². The molecule has 11 atom stereocenters. The van der Waals surface area contributed by atoms with E-state index < -0.39 is 86.7 Å². The van der Waals surface area contributed by atoms with Crippen LogP contribution < -0.4 is 0 Å². The molecule has 2 heterocycles. The summed E-state index contributed by atoms with van der Waals surface area (Å²) >= 11 is 0. The van der Waals surface area contributed by atoms with Gasteiger partial charge in [-0.15, -0.1) is 0 Å². The van der Waals surface area contributed by atoms with Gasteiger partial charge < -0.3 is 64.2 Å². The van der Waals surface area contributed by atoms with Crippen LogP contribution in [0.4, 0.5) is 0 Å². The summed E-state index contributed by atoms with van der Waals surface area (Å²) in [5, 5.41) is 71.7. The lowest BCUT2D eigenvalue weighted by atomic mass is 9.98. The molecule has 2 rings (SSSR count). The largest absolute Gasteiger partial charge is 0.457 e. The summed E-state index contributed by atoms with van der Waals surface area (Å²) in [5.74, 6) is -0.393. The van der Waals surface area contributed by atoms with Crippen LogP contribution in [0.15, 0.2) is 24.3 Å². The van der Waals surface area contributed by atoms with E-state index in [0.717, 1.165) is 77.0 Å². The summed E-state index contributed by atoms with van der Waals surface area (Å²) in [4.78, 5) is 12.8. The number of aliphatic hydroxyl groups excluding tert-OH is 7. The number of carbonyl (C=O) groups excluding carboxylic acids is 1. The van der Waals surface area contributed by atoms with E-state index >= 15 is 0 Å². The van der Waals surface area contributed by atoms with Crippen LogP contribution in [0.25, 0.3) is 0 Å². The molecule has 0 saturated carbocycles. The molecule has 2 saturated heterocycles. The maximum Gasteiger partial charge on any atom is 0.306 e. The van der Waals surface area contributed by atoms with E-state index in [1.165, 1.54) is 25.7 Å². The number of allylic oxidation sites excluding steroid dienone is 4. The lowest BCUT2D eigenvalue weighted by molar-refractivity contribution is -0.332. The maximum absolute atomic E-state index is 12.8. The van der Waals surface area contributed by atoms with Crippen LogP contribution in [0.1, 0.15) is 129 Å². The topological polar surface area (TPSA) is 214 Å². The Hall–Kier alpha value is -1.53. The lowest BCUT2D eigenvalue weighted by Crippen LogP contribution is -2.61. The molecule has 0 spiro atoms. The van der Waals surface area contributed by atoms with Crippen molar-refractivity contribution < 1.29 is 69.0 Å². The van der Waals surface area contributed by atoms with Gasteiger partial charge >= 0.3 is 5.97 Å². The van der Waals surface area contributed by atoms with E-state index in [-0.39, 0.29) is 19.6 Å². The van der Waals surface area contributed by atoms with E-state index in [1.54, 1.807) is 0 Å². The Kier molecular flexibility index (Phi) is 27.5. The molecule has 0 aromatic rings. The zero-order valence-electron chi connectivity index (χ0n) is 33.4. The zero-order valence-corrected chi connectivity index (χ0v) is 33.4. The first kappa shape index (κ1) is 49.6. The van der Waals surface area contributed by atoms with E-state index in [2.05, 4.69) is 38.2 Å². The molecule has 55 heavy (non-hydrogen) atoms. The molecule has 322 valence electrons. The van der Waals surface area contributed by atoms with Gasteiger partial charge in [-0.2, -0.15) is 0 Å². The standard InChI is InChI=1S/C41H74O14/c1-3-5-7-9-11-13-15-17-19-21-23-25-50-27-30(53-33(43)24-22-20-18-16-14-12-10-8-6-4-2)28-51-40-39(49)37(47)35(45)32(55-40)29-52-41-38(48)36(46)34(44)31(26-42)54-41/h7-10,30-32,34-42,44-49H,3-6,11-29H2,1-2H3/b9-7-,10-8-. The van der Waals surface area contributed by atoms with Crippen LogP contribution in [0, 0.1) is 0 Å². The fourth-order valence-corrected chi connectivity index (χ4v) is 6.40. The Morgan fingerprint density at radius 1 is 0.582 bits per heavy atom. The van der Waals surface area contributed by atoms with E-state index in [9.17, 15) is 40.5 Å². The third kappa shape index (κ3) is 20.1. The minimum absolute atomic E-state index is 0.0546. The van der Waals surface area contributed by atoms with Gasteiger partial charge in [0.15, 0.2) is 12.6 Å². The van der Waals surface area contributed by atoms with Gasteiger partial charge in [0.1, 0.15) is 54.9 Å². The highest BCUT2D eigenvalue weighted by molar-refractivity contribution is 5.69. The molecule has 14 heteroatoms. The SMILES string of the molecule is CCC/C=C\CCCCCCCCOCC(COC1OC(COC2OC(CO)C(O)C(O)C2O)C(O)C(O)C1O)OC(=O)CCCCCCC/C=C\CCC. The van der Waals surface area contributed by atoms with E-state index in [1.807, 2.05) is 0 Å². The maximum atomic E-state index is 12.8. The zero-order chi connectivity index (χ0) is 40.3. The van der Waals surface area contributed by atoms with Crippen LogP contribution in [-0.2, 0) is 33.2 Å². The molecule has 0 bridgehead atoms. The molecule has 11 unspecified atom stereocenters. The second-order valence-electron chi connectivity index (χ2n) is 14.8. The van der Waals surface area contributed by atoms with Crippen molar-refractivity contribution in [1.29, 1.82) is 0 Å². The van der Waals surface area contributed by atoms with Crippen LogP contribution in [0.2, 0.25) is 0 Å². The number of rotatable bonds is 31. The molecule has 2 aliphatic heterocycles. The summed E-state index contributed by atoms with van der Waals surface area (Å²) in [6, 6.07) is 0. The number of hydrogen-bond acceptors (Lipinski definition) is 14. The summed E-state index contributed by atoms with van der Waals surface area (Å²) < 4.78 is 34.0. The average molecular weight is 791 g/mol. The smallest absolute Gasteiger partial charge is 0.306 e. The lowest BCUT2D eigenvalue weighted by Gasteiger charge is -2.42. The second-order valence-corrected chi connectivity index (χ2v) is 14.8. The Labute approximate surface area is 328 Å². The molecule has 2 fully saturated rings. The highest BCUT2D eigenvalue weighted by Gasteiger charge is 2.47. The first-order chi connectivity index (χ1) is 26.6. The quantitative estimate of drug-likeness (QED) is 0.0303. The number of aliphatic hydroxyl groups is 7. The van der Waals surface area contributed by atoms with Crippen molar-refractivity contribution in [3.8, 4) is 0 Å². The van der Waals surface area contributed by atoms with Gasteiger partial charge in [0.25, 0.3) is 0 Å². The van der Waals surface area contributed by atoms with Gasteiger partial charge in [-0.25, -0.2) is 0 Å². The van der Waals surface area contributed by atoms with Crippen molar-refractivity contribution in [2.24, 2.45) is 0 Å². The number of hydrogen-bond donors (Lipinski definition) is 7.